The van der Waals surface area contributed by atoms with Gasteiger partial charge < -0.3 is 4.74 Å². The molecule has 1 rings (SSSR count). The first-order chi connectivity index (χ1) is 6.50. The molecule has 14 heavy (non-hydrogen) atoms. The van der Waals surface area contributed by atoms with Gasteiger partial charge in [-0.1, -0.05) is 0 Å². The highest BCUT2D eigenvalue weighted by molar-refractivity contribution is 7.78. The minimum atomic E-state index is -2.25. The molecule has 0 atom stereocenters. The van der Waals surface area contributed by atoms with E-state index in [1.807, 2.05) is 0 Å². The van der Waals surface area contributed by atoms with Crippen LogP contribution in [0, 0.1) is 29.1 Å². The Bertz CT molecular complexity index is 363. The average Bonchev–Trinajstić information content (AvgIpc) is 2.19. The van der Waals surface area contributed by atoms with Crippen LogP contribution in [0.15, 0.2) is 0 Å². The van der Waals surface area contributed by atoms with Crippen LogP contribution in [0.3, 0.4) is 0 Å². The van der Waals surface area contributed by atoms with Gasteiger partial charge in [-0.3, -0.25) is 0 Å². The van der Waals surface area contributed by atoms with E-state index in [4.69, 9.17) is 0 Å². The third kappa shape index (κ3) is 1.54. The van der Waals surface area contributed by atoms with Gasteiger partial charge in [0.15, 0.2) is 0 Å². The molecular weight excluding hydrogens is 227 g/mol. The van der Waals surface area contributed by atoms with E-state index in [0.29, 0.717) is 0 Å². The van der Waals surface area contributed by atoms with Gasteiger partial charge in [0.25, 0.3) is 0 Å². The highest BCUT2D eigenvalue weighted by Crippen LogP contribution is 2.28. The number of rotatable bonds is 2. The first-order valence-electron chi connectivity index (χ1n) is 3.06. The molecule has 0 saturated carbocycles. The molecule has 75 valence electrons. The number of ether oxygens (including phenoxy) is 1. The molecule has 0 amide bonds. The Hall–Kier alpha value is -1.24. The molecule has 1 radical (unpaired) electrons. The van der Waals surface area contributed by atoms with Gasteiger partial charge in [-0.2, -0.15) is 8.78 Å². The largest absolute Gasteiger partial charge is 0.434 e. The normalized spacial score (nSPS) is 10.1. The smallest absolute Gasteiger partial charge is 0.245 e. The first kappa shape index (κ1) is 10.8. The molecule has 0 aliphatic heterocycles. The van der Waals surface area contributed by atoms with E-state index >= 15 is 0 Å². The molecule has 0 saturated heterocycles. The van der Waals surface area contributed by atoms with Crippen LogP contribution in [-0.2, 0) is 0 Å². The van der Waals surface area contributed by atoms with E-state index in [-0.39, 0.29) is 0 Å². The highest BCUT2D eigenvalue weighted by Gasteiger charge is 2.26. The molecule has 0 heterocycles. The fraction of sp³-hybridized carbons (Fsp3) is 0. The summed E-state index contributed by atoms with van der Waals surface area (Å²) in [4.78, 5) is 0. The second-order valence-corrected chi connectivity index (χ2v) is 2.25. The Kier molecular flexibility index (Phi) is 3.00. The zero-order valence-corrected chi connectivity index (χ0v) is 7.02. The highest BCUT2D eigenvalue weighted by atomic mass is 32.1. The van der Waals surface area contributed by atoms with E-state index in [2.05, 4.69) is 17.0 Å². The van der Waals surface area contributed by atoms with Crippen LogP contribution < -0.4 is 4.74 Å². The minimum absolute atomic E-state index is 1.39. The molecule has 7 heteroatoms. The Morgan fingerprint density at radius 1 is 0.786 bits per heavy atom. The van der Waals surface area contributed by atoms with Crippen molar-refractivity contribution in [3.63, 3.8) is 0 Å². The summed E-state index contributed by atoms with van der Waals surface area (Å²) in [7, 11) is 0. The Labute approximate surface area is 80.1 Å². The van der Waals surface area contributed by atoms with Crippen LogP contribution >= 0.6 is 12.2 Å². The monoisotopic (exact) mass is 227 g/mol. The number of hydrogen-bond acceptors (Lipinski definition) is 2. The molecule has 1 nitrogen and oxygen atoms in total. The van der Waals surface area contributed by atoms with Crippen molar-refractivity contribution in [1.82, 2.24) is 0 Å². The number of thiocarbonyl (C=S) groups is 1. The van der Waals surface area contributed by atoms with Crippen molar-refractivity contribution in [3.8, 4) is 5.75 Å². The van der Waals surface area contributed by atoms with Gasteiger partial charge in [-0.25, -0.2) is 13.2 Å². The first-order valence-corrected chi connectivity index (χ1v) is 3.47. The fourth-order valence-electron chi connectivity index (χ4n) is 0.716. The lowest BCUT2D eigenvalue weighted by Crippen LogP contribution is -2.05. The zero-order valence-electron chi connectivity index (χ0n) is 6.21. The maximum Gasteiger partial charge on any atom is 0.245 e. The van der Waals surface area contributed by atoms with Crippen molar-refractivity contribution in [1.29, 1.82) is 0 Å². The molecule has 0 bridgehead atoms. The Morgan fingerprint density at radius 3 is 1.50 bits per heavy atom. The predicted molar refractivity (Wildman–Crippen MR) is 39.5 cm³/mol. The maximum atomic E-state index is 12.7. The van der Waals surface area contributed by atoms with Crippen LogP contribution in [0.1, 0.15) is 0 Å². The Balaban J connectivity index is 3.50. The SMILES string of the molecule is Fc1c(F)c(F)c(O[C]=S)c(F)c1F. The van der Waals surface area contributed by atoms with Gasteiger partial charge in [-0.05, 0) is 12.2 Å². The van der Waals surface area contributed by atoms with Gasteiger partial charge in [0.05, 0.1) is 0 Å². The summed E-state index contributed by atoms with van der Waals surface area (Å²) in [6.07, 6.45) is 0. The van der Waals surface area contributed by atoms with Gasteiger partial charge in [-0.15, -0.1) is 0 Å². The topological polar surface area (TPSA) is 9.23 Å². The van der Waals surface area contributed by atoms with Gasteiger partial charge >= 0.3 is 0 Å². The maximum absolute atomic E-state index is 12.7. The van der Waals surface area contributed by atoms with E-state index in [1.54, 1.807) is 0 Å². The minimum Gasteiger partial charge on any atom is -0.434 e. The van der Waals surface area contributed by atoms with E-state index in [9.17, 15) is 22.0 Å². The summed E-state index contributed by atoms with van der Waals surface area (Å²) >= 11 is 3.93. The zero-order chi connectivity index (χ0) is 10.9. The molecular formula is C7F5OS. The molecule has 1 aromatic rings. The van der Waals surface area contributed by atoms with Crippen molar-refractivity contribution in [3.05, 3.63) is 29.1 Å². The lowest BCUT2D eigenvalue weighted by molar-refractivity contribution is 0.349. The molecule has 0 aromatic heterocycles. The summed E-state index contributed by atoms with van der Waals surface area (Å²) in [5.74, 6) is -12.1. The molecule has 0 aliphatic rings. The van der Waals surface area contributed by atoms with Crippen LogP contribution in [0.2, 0.25) is 0 Å². The summed E-state index contributed by atoms with van der Waals surface area (Å²) in [5, 5.41) is 0. The number of halogens is 5. The van der Waals surface area contributed by atoms with E-state index in [0.717, 1.165) is 0 Å². The quantitative estimate of drug-likeness (QED) is 0.332. The lowest BCUT2D eigenvalue weighted by Gasteiger charge is -2.04. The van der Waals surface area contributed by atoms with Crippen molar-refractivity contribution in [2.75, 3.05) is 0 Å². The second kappa shape index (κ2) is 3.87. The lowest BCUT2D eigenvalue weighted by atomic mass is 10.3. The molecule has 0 fully saturated rings. The molecule has 0 spiro atoms. The van der Waals surface area contributed by atoms with Crippen LogP contribution in [-0.4, -0.2) is 5.55 Å². The Morgan fingerprint density at radius 2 is 1.14 bits per heavy atom. The van der Waals surface area contributed by atoms with Crippen molar-refractivity contribution in [2.24, 2.45) is 0 Å². The van der Waals surface area contributed by atoms with Crippen molar-refractivity contribution >= 4 is 17.8 Å². The molecule has 1 aromatic carbocycles. The second-order valence-electron chi connectivity index (χ2n) is 2.08. The fourth-order valence-corrected chi connectivity index (χ4v) is 0.799. The molecule has 0 unspecified atom stereocenters. The average molecular weight is 227 g/mol. The summed E-state index contributed by atoms with van der Waals surface area (Å²) in [6.45, 7) is 0. The van der Waals surface area contributed by atoms with Crippen LogP contribution in [0.4, 0.5) is 22.0 Å². The van der Waals surface area contributed by atoms with Gasteiger partial charge in [0.1, 0.15) is 0 Å². The van der Waals surface area contributed by atoms with Gasteiger partial charge in [0.2, 0.25) is 40.4 Å². The molecule has 0 aliphatic carbocycles. The standard InChI is InChI=1S/C7F5OS/c8-2-3(9)5(11)7(13-1-14)6(12)4(2)10. The van der Waals surface area contributed by atoms with E-state index in [1.165, 1.54) is 5.55 Å². The molecule has 0 N–H and O–H groups in total. The third-order valence-electron chi connectivity index (χ3n) is 1.31. The predicted octanol–water partition coefficient (Wildman–Crippen LogP) is 2.60. The van der Waals surface area contributed by atoms with Crippen molar-refractivity contribution < 1.29 is 26.7 Å². The summed E-state index contributed by atoms with van der Waals surface area (Å²) < 4.78 is 66.4. The van der Waals surface area contributed by atoms with Crippen molar-refractivity contribution in [2.45, 2.75) is 0 Å². The van der Waals surface area contributed by atoms with Crippen LogP contribution in [0.5, 0.6) is 5.75 Å². The number of hydrogen-bond donors (Lipinski definition) is 0. The summed E-state index contributed by atoms with van der Waals surface area (Å²) in [5.41, 5.74) is 1.39. The number of benzene rings is 1. The van der Waals surface area contributed by atoms with Gasteiger partial charge in [0, 0.05) is 0 Å². The summed E-state index contributed by atoms with van der Waals surface area (Å²) in [6, 6.07) is 0. The van der Waals surface area contributed by atoms with Crippen LogP contribution in [0.25, 0.3) is 0 Å². The van der Waals surface area contributed by atoms with E-state index < -0.39 is 34.8 Å². The third-order valence-corrected chi connectivity index (χ3v) is 1.40.